The summed E-state index contributed by atoms with van der Waals surface area (Å²) >= 11 is 0. The first-order valence-corrected chi connectivity index (χ1v) is 8.07. The number of nitrogens with zero attached hydrogens (tertiary/aromatic N) is 4. The van der Waals surface area contributed by atoms with Crippen LogP contribution in [-0.2, 0) is 16.0 Å². The minimum absolute atomic E-state index is 0.0436. The van der Waals surface area contributed by atoms with Crippen molar-refractivity contribution >= 4 is 5.91 Å². The Kier molecular flexibility index (Phi) is 4.62. The maximum atomic E-state index is 12.6. The van der Waals surface area contributed by atoms with Crippen LogP contribution in [0, 0.1) is 27.7 Å². The van der Waals surface area contributed by atoms with Crippen LogP contribution in [0.15, 0.2) is 10.6 Å². The third-order valence-electron chi connectivity index (χ3n) is 4.22. The summed E-state index contributed by atoms with van der Waals surface area (Å²) < 4.78 is 10.9. The van der Waals surface area contributed by atoms with Gasteiger partial charge in [0.15, 0.2) is 5.82 Å². The van der Waals surface area contributed by atoms with Crippen LogP contribution < -0.4 is 0 Å². The summed E-state index contributed by atoms with van der Waals surface area (Å²) in [5, 5.41) is 3.91. The molecule has 1 aliphatic rings. The van der Waals surface area contributed by atoms with E-state index >= 15 is 0 Å². The number of aryl methyl sites for hydroxylation is 4. The summed E-state index contributed by atoms with van der Waals surface area (Å²) in [5.74, 6) is 1.38. The number of hydrogen-bond acceptors (Lipinski definition) is 6. The molecule has 0 N–H and O–H groups in total. The quantitative estimate of drug-likeness (QED) is 0.854. The molecule has 0 aromatic carbocycles. The second-order valence-electron chi connectivity index (χ2n) is 6.19. The van der Waals surface area contributed by atoms with Crippen LogP contribution in [0.1, 0.15) is 40.3 Å². The van der Waals surface area contributed by atoms with Crippen LogP contribution in [0.3, 0.4) is 0 Å². The Morgan fingerprint density at radius 3 is 2.58 bits per heavy atom. The summed E-state index contributed by atoms with van der Waals surface area (Å²) in [4.78, 5) is 23.4. The van der Waals surface area contributed by atoms with E-state index in [2.05, 4.69) is 15.1 Å². The molecule has 1 unspecified atom stereocenters. The third kappa shape index (κ3) is 3.46. The van der Waals surface area contributed by atoms with Crippen LogP contribution in [0.4, 0.5) is 0 Å². The van der Waals surface area contributed by atoms with Crippen molar-refractivity contribution in [3.63, 3.8) is 0 Å². The predicted molar refractivity (Wildman–Crippen MR) is 86.5 cm³/mol. The summed E-state index contributed by atoms with van der Waals surface area (Å²) in [5.41, 5.74) is 3.44. The number of carbonyl (C=O) groups excluding carboxylic acids is 1. The van der Waals surface area contributed by atoms with Crippen molar-refractivity contribution in [1.82, 2.24) is 20.0 Å². The lowest BCUT2D eigenvalue weighted by molar-refractivity contribution is -0.138. The van der Waals surface area contributed by atoms with E-state index in [0.717, 1.165) is 22.6 Å². The van der Waals surface area contributed by atoms with Gasteiger partial charge in [0.05, 0.1) is 25.3 Å². The van der Waals surface area contributed by atoms with E-state index in [-0.39, 0.29) is 12.0 Å². The zero-order valence-electron chi connectivity index (χ0n) is 14.5. The first-order chi connectivity index (χ1) is 11.4. The minimum atomic E-state index is -0.286. The van der Waals surface area contributed by atoms with Gasteiger partial charge < -0.3 is 14.2 Å². The van der Waals surface area contributed by atoms with Gasteiger partial charge in [0.25, 0.3) is 0 Å². The highest BCUT2D eigenvalue weighted by atomic mass is 16.5. The Hall–Kier alpha value is -2.28. The molecule has 1 amide bonds. The second kappa shape index (κ2) is 6.68. The third-order valence-corrected chi connectivity index (χ3v) is 4.22. The number of carbonyl (C=O) groups is 1. The smallest absolute Gasteiger partial charge is 0.227 e. The average Bonchev–Trinajstić information content (AvgIpc) is 2.86. The highest BCUT2D eigenvalue weighted by Gasteiger charge is 2.28. The lowest BCUT2D eigenvalue weighted by atomic mass is 10.1. The molecule has 0 saturated carbocycles. The van der Waals surface area contributed by atoms with Gasteiger partial charge in [-0.15, -0.1) is 0 Å². The van der Waals surface area contributed by atoms with Crippen molar-refractivity contribution < 1.29 is 14.1 Å². The van der Waals surface area contributed by atoms with E-state index < -0.39 is 0 Å². The minimum Gasteiger partial charge on any atom is -0.367 e. The van der Waals surface area contributed by atoms with Gasteiger partial charge in [-0.25, -0.2) is 9.97 Å². The average molecular weight is 330 g/mol. The zero-order chi connectivity index (χ0) is 17.3. The Balaban J connectivity index is 1.72. The number of amides is 1. The normalized spacial score (nSPS) is 18.0. The Bertz CT molecular complexity index is 717. The summed E-state index contributed by atoms with van der Waals surface area (Å²) in [6.45, 7) is 9.06. The molecule has 1 fully saturated rings. The fraction of sp³-hybridized carbons (Fsp3) is 0.529. The van der Waals surface area contributed by atoms with Crippen LogP contribution in [0.25, 0.3) is 0 Å². The van der Waals surface area contributed by atoms with E-state index in [0.29, 0.717) is 37.7 Å². The molecule has 0 bridgehead atoms. The van der Waals surface area contributed by atoms with E-state index in [1.54, 1.807) is 4.90 Å². The largest absolute Gasteiger partial charge is 0.367 e. The summed E-state index contributed by atoms with van der Waals surface area (Å²) in [6, 6.07) is 1.92. The topological polar surface area (TPSA) is 81.4 Å². The van der Waals surface area contributed by atoms with Crippen molar-refractivity contribution in [2.75, 3.05) is 19.7 Å². The zero-order valence-corrected chi connectivity index (χ0v) is 14.5. The Labute approximate surface area is 141 Å². The molecule has 2 aromatic rings. The van der Waals surface area contributed by atoms with Gasteiger partial charge in [0.1, 0.15) is 11.9 Å². The summed E-state index contributed by atoms with van der Waals surface area (Å²) in [6.07, 6.45) is 0.00710. The molecule has 2 aromatic heterocycles. The SMILES string of the molecule is Cc1cc(C)nc(C2CN(C(=O)Cc3c(C)noc3C)CCO2)n1. The molecule has 1 aliphatic heterocycles. The van der Waals surface area contributed by atoms with Crippen LogP contribution in [-0.4, -0.2) is 45.6 Å². The number of rotatable bonds is 3. The molecule has 1 saturated heterocycles. The predicted octanol–water partition coefficient (Wildman–Crippen LogP) is 1.84. The van der Waals surface area contributed by atoms with Gasteiger partial charge in [0, 0.05) is 23.5 Å². The molecule has 3 heterocycles. The van der Waals surface area contributed by atoms with E-state index in [1.165, 1.54) is 0 Å². The van der Waals surface area contributed by atoms with Crippen LogP contribution >= 0.6 is 0 Å². The summed E-state index contributed by atoms with van der Waals surface area (Å²) in [7, 11) is 0. The number of aromatic nitrogens is 3. The van der Waals surface area contributed by atoms with Crippen molar-refractivity contribution in [2.45, 2.75) is 40.2 Å². The van der Waals surface area contributed by atoms with Crippen molar-refractivity contribution in [3.8, 4) is 0 Å². The maximum absolute atomic E-state index is 12.6. The molecule has 24 heavy (non-hydrogen) atoms. The first-order valence-electron chi connectivity index (χ1n) is 8.07. The van der Waals surface area contributed by atoms with Crippen LogP contribution in [0.5, 0.6) is 0 Å². The fourth-order valence-electron chi connectivity index (χ4n) is 2.95. The highest BCUT2D eigenvalue weighted by molar-refractivity contribution is 5.79. The van der Waals surface area contributed by atoms with Gasteiger partial charge in [-0.1, -0.05) is 5.16 Å². The fourth-order valence-corrected chi connectivity index (χ4v) is 2.95. The van der Waals surface area contributed by atoms with Gasteiger partial charge >= 0.3 is 0 Å². The lowest BCUT2D eigenvalue weighted by Gasteiger charge is -2.32. The van der Waals surface area contributed by atoms with Gasteiger partial charge in [-0.2, -0.15) is 0 Å². The van der Waals surface area contributed by atoms with Gasteiger partial charge in [-0.3, -0.25) is 4.79 Å². The molecule has 7 heteroatoms. The molecule has 0 spiro atoms. The second-order valence-corrected chi connectivity index (χ2v) is 6.19. The molecular weight excluding hydrogens is 308 g/mol. The number of morpholine rings is 1. The standard InChI is InChI=1S/C17H22N4O3/c1-10-7-11(2)19-17(18-10)15-9-21(5-6-23-15)16(22)8-14-12(3)20-24-13(14)4/h7,15H,5-6,8-9H2,1-4H3. The maximum Gasteiger partial charge on any atom is 0.227 e. The molecule has 1 atom stereocenters. The Morgan fingerprint density at radius 1 is 1.25 bits per heavy atom. The van der Waals surface area contributed by atoms with Crippen molar-refractivity contribution in [1.29, 1.82) is 0 Å². The van der Waals surface area contributed by atoms with E-state index in [4.69, 9.17) is 9.26 Å². The van der Waals surface area contributed by atoms with Gasteiger partial charge in [0.2, 0.25) is 5.91 Å². The van der Waals surface area contributed by atoms with Crippen molar-refractivity contribution in [2.24, 2.45) is 0 Å². The molecule has 3 rings (SSSR count). The lowest BCUT2D eigenvalue weighted by Crippen LogP contribution is -2.43. The van der Waals surface area contributed by atoms with E-state index in [9.17, 15) is 4.79 Å². The van der Waals surface area contributed by atoms with E-state index in [1.807, 2.05) is 33.8 Å². The number of hydrogen-bond donors (Lipinski definition) is 0. The monoisotopic (exact) mass is 330 g/mol. The first kappa shape index (κ1) is 16.6. The Morgan fingerprint density at radius 2 is 1.96 bits per heavy atom. The molecule has 7 nitrogen and oxygen atoms in total. The highest BCUT2D eigenvalue weighted by Crippen LogP contribution is 2.21. The molecular formula is C17H22N4O3. The van der Waals surface area contributed by atoms with Crippen LogP contribution in [0.2, 0.25) is 0 Å². The molecule has 0 radical (unpaired) electrons. The molecule has 128 valence electrons. The van der Waals surface area contributed by atoms with Crippen molar-refractivity contribution in [3.05, 3.63) is 40.3 Å². The van der Waals surface area contributed by atoms with Gasteiger partial charge in [-0.05, 0) is 33.8 Å². The number of ether oxygens (including phenoxy) is 1. The molecule has 0 aliphatic carbocycles.